The number of hydrogen-bond acceptors (Lipinski definition) is 2. The van der Waals surface area contributed by atoms with Gasteiger partial charge < -0.3 is 10.1 Å². The summed E-state index contributed by atoms with van der Waals surface area (Å²) < 4.78 is 5.18. The summed E-state index contributed by atoms with van der Waals surface area (Å²) in [6, 6.07) is 0. The summed E-state index contributed by atoms with van der Waals surface area (Å²) in [5.41, 5.74) is 0. The maximum Gasteiger partial charge on any atom is 0.0930 e. The molecule has 0 aromatic rings. The SMILES string of the molecule is CNC/C=C(\CC(C)C)OC. The third-order valence-corrected chi connectivity index (χ3v) is 1.41. The van der Waals surface area contributed by atoms with Crippen molar-refractivity contribution in [2.75, 3.05) is 20.7 Å². The number of likely N-dealkylation sites (N-methyl/N-ethyl adjacent to an activating group) is 1. The molecule has 0 saturated heterocycles. The van der Waals surface area contributed by atoms with Crippen LogP contribution < -0.4 is 5.32 Å². The van der Waals surface area contributed by atoms with E-state index in [1.165, 1.54) is 0 Å². The van der Waals surface area contributed by atoms with Crippen LogP contribution in [0.25, 0.3) is 0 Å². The van der Waals surface area contributed by atoms with E-state index in [2.05, 4.69) is 25.2 Å². The fourth-order valence-electron chi connectivity index (χ4n) is 0.868. The zero-order valence-corrected chi connectivity index (χ0v) is 7.98. The summed E-state index contributed by atoms with van der Waals surface area (Å²) in [4.78, 5) is 0. The van der Waals surface area contributed by atoms with Crippen LogP contribution in [-0.2, 0) is 4.74 Å². The Hall–Kier alpha value is -0.500. The van der Waals surface area contributed by atoms with Gasteiger partial charge in [0.1, 0.15) is 0 Å². The first kappa shape index (κ1) is 10.5. The lowest BCUT2D eigenvalue weighted by molar-refractivity contribution is 0.264. The van der Waals surface area contributed by atoms with Crippen LogP contribution in [0, 0.1) is 5.92 Å². The highest BCUT2D eigenvalue weighted by atomic mass is 16.5. The van der Waals surface area contributed by atoms with Crippen LogP contribution in [0.2, 0.25) is 0 Å². The molecular formula is C9H19NO. The number of nitrogens with one attached hydrogen (secondary N) is 1. The van der Waals surface area contributed by atoms with E-state index in [4.69, 9.17) is 4.74 Å². The quantitative estimate of drug-likeness (QED) is 0.614. The Morgan fingerprint density at radius 1 is 1.55 bits per heavy atom. The minimum absolute atomic E-state index is 0.665. The highest BCUT2D eigenvalue weighted by molar-refractivity contribution is 4.94. The van der Waals surface area contributed by atoms with E-state index in [-0.39, 0.29) is 0 Å². The number of rotatable bonds is 5. The van der Waals surface area contributed by atoms with Crippen molar-refractivity contribution in [3.63, 3.8) is 0 Å². The third-order valence-electron chi connectivity index (χ3n) is 1.41. The molecule has 0 atom stereocenters. The number of methoxy groups -OCH3 is 1. The first-order valence-electron chi connectivity index (χ1n) is 4.08. The van der Waals surface area contributed by atoms with Crippen molar-refractivity contribution in [1.29, 1.82) is 0 Å². The Morgan fingerprint density at radius 3 is 2.55 bits per heavy atom. The van der Waals surface area contributed by atoms with E-state index in [1.807, 2.05) is 7.05 Å². The van der Waals surface area contributed by atoms with Crippen molar-refractivity contribution in [1.82, 2.24) is 5.32 Å². The molecule has 11 heavy (non-hydrogen) atoms. The van der Waals surface area contributed by atoms with Crippen LogP contribution in [0.4, 0.5) is 0 Å². The Balaban J connectivity index is 3.73. The molecule has 0 fully saturated rings. The maximum absolute atomic E-state index is 5.18. The van der Waals surface area contributed by atoms with Gasteiger partial charge in [-0.2, -0.15) is 0 Å². The zero-order valence-electron chi connectivity index (χ0n) is 7.98. The molecule has 0 aliphatic carbocycles. The van der Waals surface area contributed by atoms with Gasteiger partial charge in [-0.15, -0.1) is 0 Å². The fourth-order valence-corrected chi connectivity index (χ4v) is 0.868. The number of hydrogen-bond donors (Lipinski definition) is 1. The highest BCUT2D eigenvalue weighted by Crippen LogP contribution is 2.09. The molecule has 0 unspecified atom stereocenters. The normalized spacial score (nSPS) is 12.3. The van der Waals surface area contributed by atoms with Gasteiger partial charge in [-0.1, -0.05) is 13.8 Å². The molecule has 2 heteroatoms. The van der Waals surface area contributed by atoms with E-state index in [1.54, 1.807) is 7.11 Å². The van der Waals surface area contributed by atoms with E-state index in [9.17, 15) is 0 Å². The smallest absolute Gasteiger partial charge is 0.0930 e. The molecule has 0 spiro atoms. The second-order valence-electron chi connectivity index (χ2n) is 3.03. The van der Waals surface area contributed by atoms with Crippen molar-refractivity contribution in [2.24, 2.45) is 5.92 Å². The second-order valence-corrected chi connectivity index (χ2v) is 3.03. The van der Waals surface area contributed by atoms with Gasteiger partial charge >= 0.3 is 0 Å². The van der Waals surface area contributed by atoms with Gasteiger partial charge in [0, 0.05) is 13.0 Å². The van der Waals surface area contributed by atoms with Crippen LogP contribution in [0.15, 0.2) is 11.8 Å². The number of ether oxygens (including phenoxy) is 1. The zero-order chi connectivity index (χ0) is 8.69. The molecule has 0 saturated carbocycles. The first-order valence-corrected chi connectivity index (χ1v) is 4.08. The monoisotopic (exact) mass is 157 g/mol. The molecule has 0 aromatic carbocycles. The largest absolute Gasteiger partial charge is 0.501 e. The lowest BCUT2D eigenvalue weighted by Gasteiger charge is -2.08. The van der Waals surface area contributed by atoms with Crippen LogP contribution >= 0.6 is 0 Å². The molecular weight excluding hydrogens is 138 g/mol. The first-order chi connectivity index (χ1) is 5.20. The summed E-state index contributed by atoms with van der Waals surface area (Å²) >= 11 is 0. The van der Waals surface area contributed by atoms with Crippen molar-refractivity contribution in [3.05, 3.63) is 11.8 Å². The topological polar surface area (TPSA) is 21.3 Å². The van der Waals surface area contributed by atoms with Crippen molar-refractivity contribution in [2.45, 2.75) is 20.3 Å². The lowest BCUT2D eigenvalue weighted by atomic mass is 10.1. The average Bonchev–Trinajstić information content (AvgIpc) is 1.97. The van der Waals surface area contributed by atoms with Gasteiger partial charge in [-0.3, -0.25) is 0 Å². The van der Waals surface area contributed by atoms with Crippen LogP contribution in [0.5, 0.6) is 0 Å². The van der Waals surface area contributed by atoms with E-state index >= 15 is 0 Å². The summed E-state index contributed by atoms with van der Waals surface area (Å²) in [5, 5.41) is 3.05. The van der Waals surface area contributed by atoms with Crippen LogP contribution in [-0.4, -0.2) is 20.7 Å². The Labute approximate surface area is 69.6 Å². The maximum atomic E-state index is 5.18. The van der Waals surface area contributed by atoms with Crippen molar-refractivity contribution >= 4 is 0 Å². The fraction of sp³-hybridized carbons (Fsp3) is 0.778. The predicted octanol–water partition coefficient (Wildman–Crippen LogP) is 1.78. The molecule has 0 radical (unpaired) electrons. The predicted molar refractivity (Wildman–Crippen MR) is 48.5 cm³/mol. The molecule has 0 rings (SSSR count). The minimum atomic E-state index is 0.665. The Bertz CT molecular complexity index is 119. The summed E-state index contributed by atoms with van der Waals surface area (Å²) in [5.74, 6) is 1.74. The molecule has 0 bridgehead atoms. The molecule has 0 heterocycles. The third kappa shape index (κ3) is 5.92. The average molecular weight is 157 g/mol. The molecule has 1 N–H and O–H groups in total. The van der Waals surface area contributed by atoms with E-state index in [0.29, 0.717) is 5.92 Å². The van der Waals surface area contributed by atoms with Crippen molar-refractivity contribution < 1.29 is 4.74 Å². The van der Waals surface area contributed by atoms with Crippen molar-refractivity contribution in [3.8, 4) is 0 Å². The van der Waals surface area contributed by atoms with Crippen LogP contribution in [0.1, 0.15) is 20.3 Å². The molecule has 0 aliphatic rings. The molecule has 0 amide bonds. The summed E-state index contributed by atoms with van der Waals surface area (Å²) in [6.07, 6.45) is 3.11. The van der Waals surface area contributed by atoms with E-state index in [0.717, 1.165) is 18.7 Å². The standard InChI is InChI=1S/C9H19NO/c1-8(2)7-9(11-4)5-6-10-3/h5,8,10H,6-7H2,1-4H3/b9-5+. The molecule has 0 aromatic heterocycles. The van der Waals surface area contributed by atoms with Gasteiger partial charge in [-0.05, 0) is 19.0 Å². The van der Waals surface area contributed by atoms with Gasteiger partial charge in [0.15, 0.2) is 0 Å². The van der Waals surface area contributed by atoms with Gasteiger partial charge in [0.05, 0.1) is 12.9 Å². The van der Waals surface area contributed by atoms with Crippen LogP contribution in [0.3, 0.4) is 0 Å². The lowest BCUT2D eigenvalue weighted by Crippen LogP contribution is -2.06. The molecule has 0 aliphatic heterocycles. The van der Waals surface area contributed by atoms with E-state index < -0.39 is 0 Å². The van der Waals surface area contributed by atoms with Gasteiger partial charge in [-0.25, -0.2) is 0 Å². The molecule has 2 nitrogen and oxygen atoms in total. The highest BCUT2D eigenvalue weighted by Gasteiger charge is 1.98. The van der Waals surface area contributed by atoms with Gasteiger partial charge in [0.2, 0.25) is 0 Å². The summed E-state index contributed by atoms with van der Waals surface area (Å²) in [6.45, 7) is 5.26. The number of allylic oxidation sites excluding steroid dienone is 1. The van der Waals surface area contributed by atoms with Gasteiger partial charge in [0.25, 0.3) is 0 Å². The molecule has 66 valence electrons. The minimum Gasteiger partial charge on any atom is -0.501 e. The second kappa shape index (κ2) is 6.23. The summed E-state index contributed by atoms with van der Waals surface area (Å²) in [7, 11) is 3.66. The Morgan fingerprint density at radius 2 is 2.18 bits per heavy atom. The Kier molecular flexibility index (Phi) is 5.94.